The molecule has 0 heterocycles. The minimum Gasteiger partial charge on any atom is -0.481 e. The van der Waals surface area contributed by atoms with Crippen LogP contribution in [-0.2, 0) is 19.1 Å². The standard InChI is InChI=1S/C32H50O5/c1-18-9-14-32(27(35)36)16-15-31(8)26(25(32)19(18)2)21(34)17-23-29(6)12-11-24(37-20(3)33)28(4,5)22(29)10-13-30(23,31)7/h18-19,22-26H,9-17H2,1-8H3,(H,35,36)/t18-,19+,22+,23-,24-,25+,26?,29+,30-,31-,32+/m1/s1. The second-order valence-electron chi connectivity index (χ2n) is 15.5. The summed E-state index contributed by atoms with van der Waals surface area (Å²) < 4.78 is 5.84. The van der Waals surface area contributed by atoms with E-state index < -0.39 is 11.4 Å². The maximum Gasteiger partial charge on any atom is 0.309 e. The summed E-state index contributed by atoms with van der Waals surface area (Å²) in [7, 11) is 0. The minimum absolute atomic E-state index is 0.00357. The van der Waals surface area contributed by atoms with Crippen LogP contribution >= 0.6 is 0 Å². The summed E-state index contributed by atoms with van der Waals surface area (Å²) in [4.78, 5) is 39.2. The van der Waals surface area contributed by atoms with Crippen molar-refractivity contribution >= 4 is 17.7 Å². The Balaban J connectivity index is 1.56. The highest BCUT2D eigenvalue weighted by Gasteiger charge is 2.73. The Hall–Kier alpha value is -1.39. The number of aliphatic carboxylic acids is 1. The molecule has 0 radical (unpaired) electrons. The zero-order valence-corrected chi connectivity index (χ0v) is 24.5. The van der Waals surface area contributed by atoms with Crippen molar-refractivity contribution in [3.8, 4) is 0 Å². The van der Waals surface area contributed by atoms with Gasteiger partial charge in [-0.3, -0.25) is 14.4 Å². The van der Waals surface area contributed by atoms with E-state index in [4.69, 9.17) is 4.74 Å². The molecule has 208 valence electrons. The summed E-state index contributed by atoms with van der Waals surface area (Å²) in [5.41, 5.74) is -1.08. The van der Waals surface area contributed by atoms with Crippen molar-refractivity contribution in [2.24, 2.45) is 62.6 Å². The fraction of sp³-hybridized carbons (Fsp3) is 0.906. The Labute approximate surface area is 223 Å². The number of ether oxygens (including phenoxy) is 1. The van der Waals surface area contributed by atoms with Gasteiger partial charge in [0, 0.05) is 24.7 Å². The molecule has 0 aromatic heterocycles. The van der Waals surface area contributed by atoms with Crippen LogP contribution in [0.2, 0.25) is 0 Å². The lowest BCUT2D eigenvalue weighted by atomic mass is 9.31. The van der Waals surface area contributed by atoms with Crippen LogP contribution in [0.4, 0.5) is 0 Å². The number of hydrogen-bond acceptors (Lipinski definition) is 4. The van der Waals surface area contributed by atoms with E-state index in [9.17, 15) is 19.5 Å². The molecule has 0 amide bonds. The summed E-state index contributed by atoms with van der Waals surface area (Å²) in [5.74, 6) is 0.583. The molecule has 5 heteroatoms. The topological polar surface area (TPSA) is 80.7 Å². The van der Waals surface area contributed by atoms with E-state index in [-0.39, 0.29) is 57.4 Å². The number of esters is 1. The van der Waals surface area contributed by atoms with Gasteiger partial charge in [0.2, 0.25) is 0 Å². The summed E-state index contributed by atoms with van der Waals surface area (Å²) in [5, 5.41) is 10.6. The molecule has 0 bridgehead atoms. The molecular formula is C32H50O5. The van der Waals surface area contributed by atoms with E-state index in [0.717, 1.165) is 38.5 Å². The van der Waals surface area contributed by atoms with Crippen LogP contribution in [-0.4, -0.2) is 28.9 Å². The Morgan fingerprint density at radius 2 is 1.54 bits per heavy atom. The molecule has 1 unspecified atom stereocenters. The smallest absolute Gasteiger partial charge is 0.309 e. The van der Waals surface area contributed by atoms with Gasteiger partial charge in [-0.15, -0.1) is 0 Å². The summed E-state index contributed by atoms with van der Waals surface area (Å²) in [6.07, 6.45) is 7.65. The van der Waals surface area contributed by atoms with E-state index in [0.29, 0.717) is 36.9 Å². The van der Waals surface area contributed by atoms with Crippen LogP contribution in [0.1, 0.15) is 113 Å². The zero-order valence-electron chi connectivity index (χ0n) is 24.5. The van der Waals surface area contributed by atoms with E-state index in [2.05, 4.69) is 48.5 Å². The van der Waals surface area contributed by atoms with Crippen molar-refractivity contribution in [3.05, 3.63) is 0 Å². The van der Waals surface area contributed by atoms with Crippen LogP contribution in [0.25, 0.3) is 0 Å². The van der Waals surface area contributed by atoms with E-state index in [1.807, 2.05) is 0 Å². The highest BCUT2D eigenvalue weighted by atomic mass is 16.5. The molecule has 1 N–H and O–H groups in total. The van der Waals surface area contributed by atoms with Crippen LogP contribution in [0.5, 0.6) is 0 Å². The molecule has 37 heavy (non-hydrogen) atoms. The van der Waals surface area contributed by atoms with Gasteiger partial charge in [-0.2, -0.15) is 0 Å². The van der Waals surface area contributed by atoms with Gasteiger partial charge in [-0.05, 0) is 97.2 Å². The Bertz CT molecular complexity index is 1000. The number of carbonyl (C=O) groups is 3. The number of hydrogen-bond donors (Lipinski definition) is 1. The molecule has 0 aliphatic heterocycles. The highest BCUT2D eigenvalue weighted by molar-refractivity contribution is 5.86. The van der Waals surface area contributed by atoms with Gasteiger partial charge in [0.15, 0.2) is 0 Å². The summed E-state index contributed by atoms with van der Waals surface area (Å²) in [6.45, 7) is 17.8. The maximum atomic E-state index is 14.4. The van der Waals surface area contributed by atoms with Crippen LogP contribution in [0.3, 0.4) is 0 Å². The molecule has 0 saturated heterocycles. The zero-order chi connectivity index (χ0) is 27.3. The quantitative estimate of drug-likeness (QED) is 0.405. The molecule has 0 aromatic rings. The van der Waals surface area contributed by atoms with Gasteiger partial charge in [-0.25, -0.2) is 0 Å². The lowest BCUT2D eigenvalue weighted by Gasteiger charge is -2.73. The van der Waals surface area contributed by atoms with Gasteiger partial charge in [0.05, 0.1) is 5.41 Å². The van der Waals surface area contributed by atoms with Crippen molar-refractivity contribution in [2.75, 3.05) is 0 Å². The van der Waals surface area contributed by atoms with Gasteiger partial charge in [0.25, 0.3) is 0 Å². The first-order valence-electron chi connectivity index (χ1n) is 15.0. The number of carboxylic acid groups (broad SMARTS) is 1. The third-order valence-corrected chi connectivity index (χ3v) is 14.1. The van der Waals surface area contributed by atoms with Crippen LogP contribution in [0.15, 0.2) is 0 Å². The maximum absolute atomic E-state index is 14.4. The van der Waals surface area contributed by atoms with Crippen molar-refractivity contribution in [1.82, 2.24) is 0 Å². The van der Waals surface area contributed by atoms with E-state index in [1.165, 1.54) is 6.92 Å². The molecule has 0 spiro atoms. The first kappa shape index (κ1) is 27.2. The summed E-state index contributed by atoms with van der Waals surface area (Å²) in [6, 6.07) is 0. The molecule has 5 nitrogen and oxygen atoms in total. The average Bonchev–Trinajstić information content (AvgIpc) is 2.80. The van der Waals surface area contributed by atoms with Crippen molar-refractivity contribution in [2.45, 2.75) is 119 Å². The van der Waals surface area contributed by atoms with Gasteiger partial charge in [0.1, 0.15) is 11.9 Å². The molecule has 5 fully saturated rings. The number of carbonyl (C=O) groups excluding carboxylic acids is 2. The number of rotatable bonds is 2. The predicted molar refractivity (Wildman–Crippen MR) is 143 cm³/mol. The molecular weight excluding hydrogens is 464 g/mol. The monoisotopic (exact) mass is 514 g/mol. The SMILES string of the molecule is CC(=O)O[C@@H]1CC[C@]2(C)[C@H]3CC(=O)C4[C@@H]5[C@@H](C)[C@H](C)CC[C@]5(C(=O)O)CC[C@@]4(C)[C@]3(C)CC[C@H]2C1(C)C. The largest absolute Gasteiger partial charge is 0.481 e. The van der Waals surface area contributed by atoms with Crippen molar-refractivity contribution in [1.29, 1.82) is 0 Å². The molecule has 11 atom stereocenters. The fourth-order valence-electron chi connectivity index (χ4n) is 11.7. The molecule has 5 rings (SSSR count). The average molecular weight is 515 g/mol. The number of Topliss-reactive ketones (excluding diaryl/α,β-unsaturated/α-hetero) is 1. The predicted octanol–water partition coefficient (Wildman–Crippen LogP) is 6.92. The molecule has 0 aromatic carbocycles. The third-order valence-electron chi connectivity index (χ3n) is 14.1. The molecule has 5 saturated carbocycles. The highest BCUT2D eigenvalue weighted by Crippen LogP contribution is 2.76. The molecule has 5 aliphatic carbocycles. The second kappa shape index (κ2) is 8.31. The van der Waals surface area contributed by atoms with E-state index in [1.54, 1.807) is 0 Å². The first-order chi connectivity index (χ1) is 17.1. The number of ketones is 1. The van der Waals surface area contributed by atoms with Crippen molar-refractivity contribution in [3.63, 3.8) is 0 Å². The Morgan fingerprint density at radius 1 is 0.865 bits per heavy atom. The Kier molecular flexibility index (Phi) is 6.10. The van der Waals surface area contributed by atoms with Crippen molar-refractivity contribution < 1.29 is 24.2 Å². The number of carboxylic acids is 1. The van der Waals surface area contributed by atoms with Crippen LogP contribution in [0, 0.1) is 62.6 Å². The van der Waals surface area contributed by atoms with Gasteiger partial charge in [-0.1, -0.05) is 48.5 Å². The van der Waals surface area contributed by atoms with Gasteiger partial charge < -0.3 is 9.84 Å². The molecule has 5 aliphatic rings. The fourth-order valence-corrected chi connectivity index (χ4v) is 11.7. The minimum atomic E-state index is -0.750. The van der Waals surface area contributed by atoms with Gasteiger partial charge >= 0.3 is 11.9 Å². The van der Waals surface area contributed by atoms with Crippen LogP contribution < -0.4 is 0 Å². The lowest BCUT2D eigenvalue weighted by Crippen LogP contribution is -2.70. The Morgan fingerprint density at radius 3 is 2.16 bits per heavy atom. The third kappa shape index (κ3) is 3.36. The lowest BCUT2D eigenvalue weighted by molar-refractivity contribution is -0.250. The number of fused-ring (bicyclic) bond motifs is 7. The summed E-state index contributed by atoms with van der Waals surface area (Å²) >= 11 is 0. The normalized spacial score (nSPS) is 52.6. The second-order valence-corrected chi connectivity index (χ2v) is 15.5. The first-order valence-corrected chi connectivity index (χ1v) is 15.0. The van der Waals surface area contributed by atoms with E-state index >= 15 is 0 Å².